The van der Waals surface area contributed by atoms with Crippen LogP contribution in [0.3, 0.4) is 0 Å². The highest BCUT2D eigenvalue weighted by Gasteiger charge is 2.16. The minimum atomic E-state index is -1.60. The molecule has 0 radical (unpaired) electrons. The number of rotatable bonds is 5. The third-order valence-corrected chi connectivity index (χ3v) is 4.10. The van der Waals surface area contributed by atoms with Gasteiger partial charge >= 0.3 is 0 Å². The maximum Gasteiger partial charge on any atom is 0.168 e. The molecule has 0 N–H and O–H groups in total. The quantitative estimate of drug-likeness (QED) is 0.604. The smallest absolute Gasteiger partial charge is 0.168 e. The molecule has 0 bridgehead atoms. The molecule has 0 spiro atoms. The van der Waals surface area contributed by atoms with Crippen LogP contribution in [0, 0.1) is 11.6 Å². The Kier molecular flexibility index (Phi) is 5.84. The van der Waals surface area contributed by atoms with E-state index in [9.17, 15) is 18.1 Å². The molecule has 0 aliphatic carbocycles. The molecular weight excluding hydrogens is 318 g/mol. The van der Waals surface area contributed by atoms with Crippen LogP contribution in [0.15, 0.2) is 60.0 Å². The number of benzene rings is 2. The highest BCUT2D eigenvalue weighted by molar-refractivity contribution is 8.03. The van der Waals surface area contributed by atoms with Gasteiger partial charge in [-0.3, -0.25) is 4.79 Å². The summed E-state index contributed by atoms with van der Waals surface area (Å²) in [5.74, 6) is -1.02. The Balaban J connectivity index is 2.26. The van der Waals surface area contributed by atoms with Crippen molar-refractivity contribution < 1.29 is 18.1 Å². The molecule has 1 atom stereocenters. The number of hydrogen-bond acceptors (Lipinski definition) is 2. The van der Waals surface area contributed by atoms with E-state index in [0.717, 1.165) is 0 Å². The van der Waals surface area contributed by atoms with Crippen molar-refractivity contribution >= 4 is 27.9 Å². The lowest BCUT2D eigenvalue weighted by atomic mass is 10.2. The molecule has 118 valence electrons. The third kappa shape index (κ3) is 5.16. The van der Waals surface area contributed by atoms with Crippen LogP contribution < -0.4 is 0 Å². The van der Waals surface area contributed by atoms with Gasteiger partial charge in [-0.15, -0.1) is 0 Å². The Morgan fingerprint density at radius 3 is 2.04 bits per heavy atom. The number of ketones is 1. The summed E-state index contributed by atoms with van der Waals surface area (Å²) in [4.78, 5) is 11.6. The van der Waals surface area contributed by atoms with E-state index >= 15 is 0 Å². The maximum absolute atomic E-state index is 13.0. The van der Waals surface area contributed by atoms with Crippen LogP contribution in [0.2, 0.25) is 0 Å². The molecule has 0 saturated carbocycles. The van der Waals surface area contributed by atoms with Crippen molar-refractivity contribution in [3.05, 3.63) is 82.8 Å². The molecule has 23 heavy (non-hydrogen) atoms. The van der Waals surface area contributed by atoms with Crippen LogP contribution >= 0.6 is 0 Å². The number of carbonyl (C=O) groups is 1. The fraction of sp³-hybridized carbons (Fsp3) is 0.0556. The molecule has 0 amide bonds. The Hall–Kier alpha value is -2.24. The fourth-order valence-corrected chi connectivity index (χ4v) is 2.92. The van der Waals surface area contributed by atoms with Gasteiger partial charge in [-0.25, -0.2) is 8.78 Å². The van der Waals surface area contributed by atoms with Crippen molar-refractivity contribution in [1.82, 2.24) is 0 Å². The van der Waals surface area contributed by atoms with Crippen LogP contribution in [-0.4, -0.2) is 10.3 Å². The fourth-order valence-electron chi connectivity index (χ4n) is 1.84. The molecule has 0 aromatic heterocycles. The normalized spacial score (nSPS) is 13.3. The van der Waals surface area contributed by atoms with Gasteiger partial charge in [-0.1, -0.05) is 12.1 Å². The molecule has 0 fully saturated rings. The monoisotopic (exact) mass is 332 g/mol. The van der Waals surface area contributed by atoms with Crippen molar-refractivity contribution in [2.24, 2.45) is 0 Å². The zero-order chi connectivity index (χ0) is 16.8. The van der Waals surface area contributed by atoms with Gasteiger partial charge in [0.05, 0.1) is 0 Å². The van der Waals surface area contributed by atoms with Crippen LogP contribution in [-0.2, 0) is 16.0 Å². The van der Waals surface area contributed by atoms with Crippen molar-refractivity contribution in [3.8, 4) is 0 Å². The van der Waals surface area contributed by atoms with E-state index in [1.165, 1.54) is 54.8 Å². The van der Waals surface area contributed by atoms with Gasteiger partial charge in [0.1, 0.15) is 17.0 Å². The van der Waals surface area contributed by atoms with Gasteiger partial charge in [0, 0.05) is 22.8 Å². The number of hydrogen-bond donors (Lipinski definition) is 0. The second kappa shape index (κ2) is 7.85. The first-order valence-electron chi connectivity index (χ1n) is 6.78. The van der Waals surface area contributed by atoms with E-state index in [4.69, 9.17) is 0 Å². The van der Waals surface area contributed by atoms with E-state index in [-0.39, 0.29) is 16.5 Å². The highest BCUT2D eigenvalue weighted by Crippen LogP contribution is 2.24. The standard InChI is InChI=1S/C18H14F2O2S/c1-13(21)12-18(15-4-8-17(20)9-5-15)23(22)11-10-14-2-6-16(19)7-3-14/h2-12H,1H3/b11-10?,18-12+. The van der Waals surface area contributed by atoms with Crippen molar-refractivity contribution in [1.29, 1.82) is 0 Å². The minimum Gasteiger partial charge on any atom is -0.607 e. The van der Waals surface area contributed by atoms with Crippen molar-refractivity contribution in [3.63, 3.8) is 0 Å². The van der Waals surface area contributed by atoms with Gasteiger partial charge in [0.2, 0.25) is 0 Å². The Morgan fingerprint density at radius 1 is 1.00 bits per heavy atom. The number of allylic oxidation sites excluding steroid dienone is 1. The van der Waals surface area contributed by atoms with Crippen LogP contribution in [0.1, 0.15) is 18.1 Å². The molecule has 0 saturated heterocycles. The lowest BCUT2D eigenvalue weighted by molar-refractivity contribution is -0.112. The van der Waals surface area contributed by atoms with Gasteiger partial charge in [-0.2, -0.15) is 0 Å². The molecule has 5 heteroatoms. The molecular formula is C18H14F2O2S. The van der Waals surface area contributed by atoms with Crippen molar-refractivity contribution in [2.75, 3.05) is 0 Å². The van der Waals surface area contributed by atoms with E-state index < -0.39 is 17.0 Å². The summed E-state index contributed by atoms with van der Waals surface area (Å²) >= 11 is -1.60. The molecule has 1 unspecified atom stereocenters. The number of halogens is 2. The minimum absolute atomic E-state index is 0.257. The van der Waals surface area contributed by atoms with Gasteiger partial charge in [0.15, 0.2) is 10.7 Å². The highest BCUT2D eigenvalue weighted by atomic mass is 32.2. The first kappa shape index (κ1) is 17.1. The summed E-state index contributed by atoms with van der Waals surface area (Å²) in [6.45, 7) is 1.35. The first-order chi connectivity index (χ1) is 11.0. The van der Waals surface area contributed by atoms with Gasteiger partial charge < -0.3 is 4.55 Å². The zero-order valence-corrected chi connectivity index (χ0v) is 13.1. The second-order valence-corrected chi connectivity index (χ2v) is 6.08. The van der Waals surface area contributed by atoms with Crippen LogP contribution in [0.25, 0.3) is 11.0 Å². The number of carbonyl (C=O) groups excluding carboxylic acids is 1. The van der Waals surface area contributed by atoms with E-state index in [1.807, 2.05) is 0 Å². The Bertz CT molecular complexity index is 735. The Morgan fingerprint density at radius 2 is 1.52 bits per heavy atom. The predicted molar refractivity (Wildman–Crippen MR) is 88.6 cm³/mol. The van der Waals surface area contributed by atoms with E-state index in [0.29, 0.717) is 11.1 Å². The van der Waals surface area contributed by atoms with Gasteiger partial charge in [-0.05, 0) is 55.0 Å². The Labute approximate surface area is 136 Å². The van der Waals surface area contributed by atoms with E-state index in [1.54, 1.807) is 18.2 Å². The third-order valence-electron chi connectivity index (χ3n) is 2.93. The summed E-state index contributed by atoms with van der Waals surface area (Å²) in [6.07, 6.45) is 2.84. The van der Waals surface area contributed by atoms with Crippen LogP contribution in [0.4, 0.5) is 8.78 Å². The maximum atomic E-state index is 13.0. The zero-order valence-electron chi connectivity index (χ0n) is 12.3. The van der Waals surface area contributed by atoms with E-state index in [2.05, 4.69) is 0 Å². The second-order valence-electron chi connectivity index (χ2n) is 4.78. The molecule has 2 nitrogen and oxygen atoms in total. The lowest BCUT2D eigenvalue weighted by Gasteiger charge is -2.09. The lowest BCUT2D eigenvalue weighted by Crippen LogP contribution is -2.02. The van der Waals surface area contributed by atoms with Gasteiger partial charge in [0.25, 0.3) is 0 Å². The molecule has 2 aromatic carbocycles. The largest absolute Gasteiger partial charge is 0.607 e. The molecule has 0 aliphatic rings. The SMILES string of the molecule is CC(=O)/C=C(\c1ccc(F)cc1)[S+]([O-])C=Cc1ccc(F)cc1. The molecule has 2 aromatic rings. The summed E-state index contributed by atoms with van der Waals surface area (Å²) in [7, 11) is 0. The first-order valence-corrected chi connectivity index (χ1v) is 7.99. The average molecular weight is 332 g/mol. The van der Waals surface area contributed by atoms with Crippen molar-refractivity contribution in [2.45, 2.75) is 6.92 Å². The summed E-state index contributed by atoms with van der Waals surface area (Å²) in [5, 5.41) is 1.41. The summed E-state index contributed by atoms with van der Waals surface area (Å²) in [6, 6.07) is 11.1. The molecule has 0 aliphatic heterocycles. The predicted octanol–water partition coefficient (Wildman–Crippen LogP) is 4.31. The molecule has 2 rings (SSSR count). The van der Waals surface area contributed by atoms with Crippen LogP contribution in [0.5, 0.6) is 0 Å². The summed E-state index contributed by atoms with van der Waals surface area (Å²) in [5.41, 5.74) is 1.18. The topological polar surface area (TPSA) is 40.1 Å². The average Bonchev–Trinajstić information content (AvgIpc) is 2.52. The summed E-state index contributed by atoms with van der Waals surface area (Å²) < 4.78 is 38.3. The molecule has 0 heterocycles.